The molecule has 26 heavy (non-hydrogen) atoms. The lowest BCUT2D eigenvalue weighted by Crippen LogP contribution is -2.77. The van der Waals surface area contributed by atoms with Crippen LogP contribution in [0.25, 0.3) is 0 Å². The van der Waals surface area contributed by atoms with Crippen LogP contribution < -0.4 is 4.74 Å². The lowest BCUT2D eigenvalue weighted by atomic mass is 9.49. The molecule has 3 aliphatic carbocycles. The lowest BCUT2D eigenvalue weighted by Gasteiger charge is -2.62. The number of carbonyl (C=O) groups is 2. The number of nitrogens with zero attached hydrogens (tertiary/aromatic N) is 1. The van der Waals surface area contributed by atoms with E-state index in [1.54, 1.807) is 0 Å². The number of Topliss-reactive ketones (excluding diaryl/α,β-unsaturated/α-hetero) is 1. The molecule has 2 bridgehead atoms. The third kappa shape index (κ3) is 1.50. The Morgan fingerprint density at radius 3 is 2.88 bits per heavy atom. The Morgan fingerprint density at radius 2 is 2.12 bits per heavy atom. The van der Waals surface area contributed by atoms with Crippen LogP contribution in [0.3, 0.4) is 0 Å². The van der Waals surface area contributed by atoms with E-state index in [1.165, 1.54) is 0 Å². The van der Waals surface area contributed by atoms with Gasteiger partial charge in [0.2, 0.25) is 5.91 Å². The molecule has 5 aliphatic rings. The molecule has 1 aromatic rings. The molecule has 1 spiro atoms. The van der Waals surface area contributed by atoms with Gasteiger partial charge >= 0.3 is 0 Å². The fourth-order valence-corrected chi connectivity index (χ4v) is 6.30. The zero-order valence-electron chi connectivity index (χ0n) is 15.0. The van der Waals surface area contributed by atoms with Crippen molar-refractivity contribution in [2.75, 3.05) is 6.54 Å². The Labute approximate surface area is 152 Å². The van der Waals surface area contributed by atoms with Gasteiger partial charge in [-0.05, 0) is 50.2 Å². The van der Waals surface area contributed by atoms with Crippen LogP contribution in [-0.2, 0) is 21.4 Å². The van der Waals surface area contributed by atoms with Crippen LogP contribution in [0.15, 0.2) is 12.1 Å². The maximum Gasteiger partial charge on any atom is 0.226 e. The summed E-state index contributed by atoms with van der Waals surface area (Å²) in [4.78, 5) is 27.6. The Bertz CT molecular complexity index is 875. The summed E-state index contributed by atoms with van der Waals surface area (Å²) >= 11 is 0. The predicted octanol–water partition coefficient (Wildman–Crippen LogP) is 1.65. The molecular formula is C21H23NO4. The number of aliphatic hydroxyl groups is 1. The second-order valence-corrected chi connectivity index (χ2v) is 8.88. The van der Waals surface area contributed by atoms with Crippen molar-refractivity contribution in [2.24, 2.45) is 5.92 Å². The lowest BCUT2D eigenvalue weighted by molar-refractivity contribution is -0.193. The fourth-order valence-electron chi connectivity index (χ4n) is 6.30. The molecule has 1 N–H and O–H groups in total. The molecule has 136 valence electrons. The van der Waals surface area contributed by atoms with E-state index in [1.807, 2.05) is 17.9 Å². The van der Waals surface area contributed by atoms with Gasteiger partial charge in [-0.15, -0.1) is 0 Å². The number of likely N-dealkylation sites (tertiary alicyclic amines) is 1. The molecule has 5 nitrogen and oxygen atoms in total. The van der Waals surface area contributed by atoms with E-state index in [9.17, 15) is 14.7 Å². The summed E-state index contributed by atoms with van der Waals surface area (Å²) in [6.07, 6.45) is 3.36. The number of ketones is 1. The van der Waals surface area contributed by atoms with Gasteiger partial charge in [-0.25, -0.2) is 0 Å². The summed E-state index contributed by atoms with van der Waals surface area (Å²) in [6, 6.07) is 3.91. The van der Waals surface area contributed by atoms with Gasteiger partial charge in [0.15, 0.2) is 11.9 Å². The molecule has 2 heterocycles. The van der Waals surface area contributed by atoms with E-state index in [2.05, 4.69) is 6.07 Å². The van der Waals surface area contributed by atoms with Crippen LogP contribution in [0, 0.1) is 12.8 Å². The molecule has 1 saturated heterocycles. The standard InChI is InChI=1S/C21H23NO4/c1-11-2-3-13-10-15-21(25)7-6-14(23)18-20(21,16(13)17(11)26-18)8-9-22(15)19(24)12-4-5-12/h2-3,12,15,18,25H,4-10H2,1H3/t15-,18?,20?,21-/m0/s1. The highest BCUT2D eigenvalue weighted by molar-refractivity contribution is 5.90. The molecule has 3 fully saturated rings. The maximum atomic E-state index is 12.9. The third-order valence-electron chi connectivity index (χ3n) is 7.69. The summed E-state index contributed by atoms with van der Waals surface area (Å²) < 4.78 is 6.23. The van der Waals surface area contributed by atoms with E-state index >= 15 is 0 Å². The van der Waals surface area contributed by atoms with Crippen molar-refractivity contribution in [1.82, 2.24) is 4.90 Å². The van der Waals surface area contributed by atoms with Crippen LogP contribution in [0.2, 0.25) is 0 Å². The van der Waals surface area contributed by atoms with E-state index < -0.39 is 17.1 Å². The highest BCUT2D eigenvalue weighted by atomic mass is 16.5. The van der Waals surface area contributed by atoms with Gasteiger partial charge in [0.1, 0.15) is 5.75 Å². The SMILES string of the molecule is Cc1ccc2c3c1OC1C(=O)CC[C@]4(O)[C@H](C2)N(C(=O)C2CC2)CCC314. The smallest absolute Gasteiger partial charge is 0.226 e. The van der Waals surface area contributed by atoms with Crippen LogP contribution in [-0.4, -0.2) is 46.0 Å². The van der Waals surface area contributed by atoms with Crippen molar-refractivity contribution >= 4 is 11.7 Å². The van der Waals surface area contributed by atoms with Crippen LogP contribution in [0.5, 0.6) is 5.75 Å². The largest absolute Gasteiger partial charge is 0.481 e. The maximum absolute atomic E-state index is 12.9. The Kier molecular flexibility index (Phi) is 2.63. The Hall–Kier alpha value is -1.88. The second kappa shape index (κ2) is 4.50. The number of hydrogen-bond donors (Lipinski definition) is 1. The minimum absolute atomic E-state index is 0.0962. The van der Waals surface area contributed by atoms with Crippen molar-refractivity contribution in [3.63, 3.8) is 0 Å². The van der Waals surface area contributed by atoms with Crippen LogP contribution in [0.1, 0.15) is 48.8 Å². The summed E-state index contributed by atoms with van der Waals surface area (Å²) in [5.41, 5.74) is 1.49. The number of amides is 1. The topological polar surface area (TPSA) is 66.8 Å². The third-order valence-corrected chi connectivity index (χ3v) is 7.69. The summed E-state index contributed by atoms with van der Waals surface area (Å²) in [7, 11) is 0. The molecule has 2 saturated carbocycles. The van der Waals surface area contributed by atoms with Crippen molar-refractivity contribution in [1.29, 1.82) is 0 Å². The van der Waals surface area contributed by atoms with Gasteiger partial charge in [0, 0.05) is 24.4 Å². The average Bonchev–Trinajstić information content (AvgIpc) is 3.39. The molecule has 1 amide bonds. The molecule has 1 aromatic carbocycles. The Morgan fingerprint density at radius 1 is 1.31 bits per heavy atom. The highest BCUT2D eigenvalue weighted by Gasteiger charge is 2.73. The van der Waals surface area contributed by atoms with E-state index in [0.29, 0.717) is 32.2 Å². The molecule has 0 aromatic heterocycles. The molecule has 2 aliphatic heterocycles. The number of ether oxygens (including phenoxy) is 1. The minimum Gasteiger partial charge on any atom is -0.481 e. The molecule has 4 atom stereocenters. The van der Waals surface area contributed by atoms with Crippen molar-refractivity contribution in [3.8, 4) is 5.75 Å². The quantitative estimate of drug-likeness (QED) is 0.834. The van der Waals surface area contributed by atoms with Gasteiger partial charge in [-0.3, -0.25) is 9.59 Å². The van der Waals surface area contributed by atoms with Crippen molar-refractivity contribution < 1.29 is 19.4 Å². The van der Waals surface area contributed by atoms with E-state index in [0.717, 1.165) is 35.3 Å². The van der Waals surface area contributed by atoms with Gasteiger partial charge < -0.3 is 14.7 Å². The first kappa shape index (κ1) is 15.2. The van der Waals surface area contributed by atoms with Crippen molar-refractivity contribution in [3.05, 3.63) is 28.8 Å². The first-order chi connectivity index (χ1) is 12.5. The molecule has 0 radical (unpaired) electrons. The summed E-state index contributed by atoms with van der Waals surface area (Å²) in [5.74, 6) is 1.24. The molecular weight excluding hydrogens is 330 g/mol. The summed E-state index contributed by atoms with van der Waals surface area (Å²) in [5, 5.41) is 12.0. The molecule has 2 unspecified atom stereocenters. The van der Waals surface area contributed by atoms with Gasteiger partial charge in [-0.2, -0.15) is 0 Å². The normalized spacial score (nSPS) is 39.5. The fraction of sp³-hybridized carbons (Fsp3) is 0.619. The van der Waals surface area contributed by atoms with Gasteiger partial charge in [0.25, 0.3) is 0 Å². The second-order valence-electron chi connectivity index (χ2n) is 8.88. The summed E-state index contributed by atoms with van der Waals surface area (Å²) in [6.45, 7) is 2.62. The first-order valence-corrected chi connectivity index (χ1v) is 9.82. The number of carbonyl (C=O) groups excluding carboxylic acids is 2. The predicted molar refractivity (Wildman–Crippen MR) is 93.0 cm³/mol. The van der Waals surface area contributed by atoms with E-state index in [-0.39, 0.29) is 23.7 Å². The van der Waals surface area contributed by atoms with E-state index in [4.69, 9.17) is 4.74 Å². The van der Waals surface area contributed by atoms with Crippen LogP contribution >= 0.6 is 0 Å². The average molecular weight is 353 g/mol. The minimum atomic E-state index is -1.07. The number of rotatable bonds is 1. The zero-order chi connectivity index (χ0) is 17.8. The molecule has 6 rings (SSSR count). The first-order valence-electron chi connectivity index (χ1n) is 9.82. The number of hydrogen-bond acceptors (Lipinski definition) is 4. The van der Waals surface area contributed by atoms with Crippen LogP contribution in [0.4, 0.5) is 0 Å². The van der Waals surface area contributed by atoms with Crippen molar-refractivity contribution in [2.45, 2.75) is 68.6 Å². The van der Waals surface area contributed by atoms with Gasteiger partial charge in [-0.1, -0.05) is 12.1 Å². The monoisotopic (exact) mass is 353 g/mol. The zero-order valence-corrected chi connectivity index (χ0v) is 15.0. The number of benzene rings is 1. The number of piperidine rings is 1. The molecule has 5 heteroatoms. The number of aryl methyl sites for hydroxylation is 1. The highest BCUT2D eigenvalue weighted by Crippen LogP contribution is 2.64. The van der Waals surface area contributed by atoms with Gasteiger partial charge in [0.05, 0.1) is 17.1 Å². The Balaban J connectivity index is 1.59.